The maximum Gasteiger partial charge on any atom is 0.261 e. The maximum atomic E-state index is 12.7. The van der Waals surface area contributed by atoms with Gasteiger partial charge in [0.1, 0.15) is 0 Å². The van der Waals surface area contributed by atoms with Gasteiger partial charge in [-0.05, 0) is 37.1 Å². The Balaban J connectivity index is 1.31. The Morgan fingerprint density at radius 1 is 1.17 bits per heavy atom. The van der Waals surface area contributed by atoms with Crippen LogP contribution >= 0.6 is 11.3 Å². The molecule has 29 heavy (non-hydrogen) atoms. The summed E-state index contributed by atoms with van der Waals surface area (Å²) in [6.07, 6.45) is 7.53. The van der Waals surface area contributed by atoms with E-state index in [-0.39, 0.29) is 17.9 Å². The van der Waals surface area contributed by atoms with E-state index in [1.165, 1.54) is 30.6 Å². The number of carbonyl (C=O) groups excluding carboxylic acids is 2. The third-order valence-corrected chi connectivity index (χ3v) is 6.56. The van der Waals surface area contributed by atoms with Gasteiger partial charge in [-0.25, -0.2) is 0 Å². The van der Waals surface area contributed by atoms with Gasteiger partial charge in [0.15, 0.2) is 5.96 Å². The Hall–Kier alpha value is -2.09. The van der Waals surface area contributed by atoms with E-state index < -0.39 is 0 Å². The van der Waals surface area contributed by atoms with E-state index in [1.54, 1.807) is 7.05 Å². The van der Waals surface area contributed by atoms with Crippen molar-refractivity contribution in [3.8, 4) is 0 Å². The SMILES string of the molecule is CN=C(NCCCNC(=O)c1cccs1)NC1CCN(C(=O)C2CCCCC2)C1. The van der Waals surface area contributed by atoms with Gasteiger partial charge in [-0.2, -0.15) is 0 Å². The van der Waals surface area contributed by atoms with Crippen molar-refractivity contribution >= 4 is 29.1 Å². The van der Waals surface area contributed by atoms with Crippen LogP contribution in [0.15, 0.2) is 22.5 Å². The summed E-state index contributed by atoms with van der Waals surface area (Å²) in [7, 11) is 1.76. The molecule has 1 aliphatic heterocycles. The molecule has 1 aromatic rings. The maximum absolute atomic E-state index is 12.7. The normalized spacial score (nSPS) is 20.5. The highest BCUT2D eigenvalue weighted by Crippen LogP contribution is 2.26. The van der Waals surface area contributed by atoms with Gasteiger partial charge in [0, 0.05) is 45.2 Å². The number of carbonyl (C=O) groups is 2. The fourth-order valence-electron chi connectivity index (χ4n) is 4.07. The Bertz CT molecular complexity index is 685. The third kappa shape index (κ3) is 6.45. The molecule has 1 saturated carbocycles. The second-order valence-electron chi connectivity index (χ2n) is 7.83. The largest absolute Gasteiger partial charge is 0.356 e. The zero-order valence-corrected chi connectivity index (χ0v) is 18.1. The minimum Gasteiger partial charge on any atom is -0.356 e. The van der Waals surface area contributed by atoms with Crippen molar-refractivity contribution in [1.82, 2.24) is 20.9 Å². The highest BCUT2D eigenvalue weighted by Gasteiger charge is 2.31. The van der Waals surface area contributed by atoms with Gasteiger partial charge in [-0.3, -0.25) is 14.6 Å². The van der Waals surface area contributed by atoms with Crippen LogP contribution in [0.2, 0.25) is 0 Å². The van der Waals surface area contributed by atoms with Crippen LogP contribution in [0.3, 0.4) is 0 Å². The number of nitrogens with one attached hydrogen (secondary N) is 3. The molecule has 160 valence electrons. The molecule has 1 unspecified atom stereocenters. The summed E-state index contributed by atoms with van der Waals surface area (Å²) in [6, 6.07) is 3.95. The fourth-order valence-corrected chi connectivity index (χ4v) is 4.71. The second-order valence-corrected chi connectivity index (χ2v) is 8.78. The number of thiophene rings is 1. The van der Waals surface area contributed by atoms with Crippen molar-refractivity contribution in [1.29, 1.82) is 0 Å². The van der Waals surface area contributed by atoms with Crippen molar-refractivity contribution in [2.45, 2.75) is 51.0 Å². The monoisotopic (exact) mass is 419 g/mol. The first-order valence-corrected chi connectivity index (χ1v) is 11.6. The second kappa shape index (κ2) is 11.2. The number of guanidine groups is 1. The Morgan fingerprint density at radius 3 is 2.69 bits per heavy atom. The summed E-state index contributed by atoms with van der Waals surface area (Å²) in [5, 5.41) is 11.6. The summed E-state index contributed by atoms with van der Waals surface area (Å²) in [5.74, 6) is 1.32. The number of rotatable bonds is 7. The average molecular weight is 420 g/mol. The molecule has 1 aromatic heterocycles. The molecule has 0 aromatic carbocycles. The summed E-state index contributed by atoms with van der Waals surface area (Å²) in [4.78, 5) is 31.7. The van der Waals surface area contributed by atoms with Crippen molar-refractivity contribution in [2.75, 3.05) is 33.2 Å². The summed E-state index contributed by atoms with van der Waals surface area (Å²) < 4.78 is 0. The molecule has 2 aliphatic rings. The van der Waals surface area contributed by atoms with Crippen LogP contribution < -0.4 is 16.0 Å². The molecule has 2 amide bonds. The standard InChI is InChI=1S/C21H33N5O2S/c1-22-21(24-12-6-11-23-19(27)18-9-5-14-29-18)25-17-10-13-26(15-17)20(28)16-7-3-2-4-8-16/h5,9,14,16-17H,2-4,6-8,10-13,15H2,1H3,(H,23,27)(H2,22,24,25). The van der Waals surface area contributed by atoms with Gasteiger partial charge < -0.3 is 20.9 Å². The van der Waals surface area contributed by atoms with Gasteiger partial charge in [-0.1, -0.05) is 25.3 Å². The predicted molar refractivity (Wildman–Crippen MR) is 117 cm³/mol. The fraction of sp³-hybridized carbons (Fsp3) is 0.667. The number of likely N-dealkylation sites (tertiary alicyclic amines) is 1. The molecule has 1 atom stereocenters. The molecule has 2 fully saturated rings. The van der Waals surface area contributed by atoms with Gasteiger partial charge in [-0.15, -0.1) is 11.3 Å². The van der Waals surface area contributed by atoms with E-state index in [1.807, 2.05) is 22.4 Å². The lowest BCUT2D eigenvalue weighted by Gasteiger charge is -2.26. The quantitative estimate of drug-likeness (QED) is 0.359. The zero-order chi connectivity index (χ0) is 20.5. The molecular weight excluding hydrogens is 386 g/mol. The van der Waals surface area contributed by atoms with Crippen LogP contribution in [-0.2, 0) is 4.79 Å². The van der Waals surface area contributed by atoms with E-state index in [4.69, 9.17) is 0 Å². The van der Waals surface area contributed by atoms with Crippen molar-refractivity contribution < 1.29 is 9.59 Å². The molecule has 1 aliphatic carbocycles. The van der Waals surface area contributed by atoms with Crippen molar-refractivity contribution in [3.05, 3.63) is 22.4 Å². The Morgan fingerprint density at radius 2 is 1.97 bits per heavy atom. The smallest absolute Gasteiger partial charge is 0.261 e. The summed E-state index contributed by atoms with van der Waals surface area (Å²) in [6.45, 7) is 2.93. The first kappa shape index (κ1) is 21.6. The van der Waals surface area contributed by atoms with E-state index in [0.29, 0.717) is 12.5 Å². The van der Waals surface area contributed by atoms with Crippen molar-refractivity contribution in [3.63, 3.8) is 0 Å². The predicted octanol–water partition coefficient (Wildman–Crippen LogP) is 2.21. The average Bonchev–Trinajstić information content (AvgIpc) is 3.45. The number of hydrogen-bond acceptors (Lipinski definition) is 4. The first-order valence-electron chi connectivity index (χ1n) is 10.7. The van der Waals surface area contributed by atoms with E-state index in [9.17, 15) is 9.59 Å². The van der Waals surface area contributed by atoms with E-state index in [0.717, 1.165) is 56.2 Å². The molecule has 2 heterocycles. The van der Waals surface area contributed by atoms with Crippen LogP contribution in [0.25, 0.3) is 0 Å². The number of nitrogens with zero attached hydrogens (tertiary/aromatic N) is 2. The van der Waals surface area contributed by atoms with E-state index in [2.05, 4.69) is 20.9 Å². The molecule has 8 heteroatoms. The topological polar surface area (TPSA) is 85.8 Å². The summed E-state index contributed by atoms with van der Waals surface area (Å²) in [5.41, 5.74) is 0. The third-order valence-electron chi connectivity index (χ3n) is 5.70. The molecule has 3 rings (SSSR count). The Labute approximate surface area is 177 Å². The minimum atomic E-state index is -0.0174. The minimum absolute atomic E-state index is 0.0174. The first-order chi connectivity index (χ1) is 14.2. The van der Waals surface area contributed by atoms with E-state index >= 15 is 0 Å². The van der Waals surface area contributed by atoms with Gasteiger partial charge >= 0.3 is 0 Å². The molecule has 0 spiro atoms. The lowest BCUT2D eigenvalue weighted by molar-refractivity contribution is -0.135. The number of amides is 2. The lowest BCUT2D eigenvalue weighted by atomic mass is 9.88. The molecule has 1 saturated heterocycles. The van der Waals surface area contributed by atoms with Gasteiger partial charge in [0.2, 0.25) is 5.91 Å². The highest BCUT2D eigenvalue weighted by atomic mass is 32.1. The lowest BCUT2D eigenvalue weighted by Crippen LogP contribution is -2.46. The van der Waals surface area contributed by atoms with Crippen LogP contribution in [0.4, 0.5) is 0 Å². The van der Waals surface area contributed by atoms with Crippen molar-refractivity contribution in [2.24, 2.45) is 10.9 Å². The van der Waals surface area contributed by atoms with Crippen LogP contribution in [0, 0.1) is 5.92 Å². The van der Waals surface area contributed by atoms with Gasteiger partial charge in [0.05, 0.1) is 4.88 Å². The molecule has 7 nitrogen and oxygen atoms in total. The van der Waals surface area contributed by atoms with Crippen LogP contribution in [-0.4, -0.2) is 61.9 Å². The molecular formula is C21H33N5O2S. The Kier molecular flexibility index (Phi) is 8.34. The van der Waals surface area contributed by atoms with Crippen LogP contribution in [0.1, 0.15) is 54.6 Å². The molecule has 0 radical (unpaired) electrons. The zero-order valence-electron chi connectivity index (χ0n) is 17.3. The molecule has 3 N–H and O–H groups in total. The van der Waals surface area contributed by atoms with Gasteiger partial charge in [0.25, 0.3) is 5.91 Å². The molecule has 0 bridgehead atoms. The number of aliphatic imine (C=N–C) groups is 1. The number of hydrogen-bond donors (Lipinski definition) is 3. The summed E-state index contributed by atoms with van der Waals surface area (Å²) >= 11 is 1.45. The van der Waals surface area contributed by atoms with Crippen LogP contribution in [0.5, 0.6) is 0 Å². The highest BCUT2D eigenvalue weighted by molar-refractivity contribution is 7.12.